The molecule has 4 nitrogen and oxygen atoms in total. The predicted molar refractivity (Wildman–Crippen MR) is 83.8 cm³/mol. The first kappa shape index (κ1) is 14.5. The van der Waals surface area contributed by atoms with Gasteiger partial charge in [-0.3, -0.25) is 9.59 Å². The lowest BCUT2D eigenvalue weighted by Crippen LogP contribution is -2.18. The molecule has 0 fully saturated rings. The Morgan fingerprint density at radius 2 is 1.76 bits per heavy atom. The molecule has 0 aliphatic rings. The molecular weight excluding hydrogens is 264 g/mol. The first-order chi connectivity index (χ1) is 10.1. The van der Waals surface area contributed by atoms with E-state index in [9.17, 15) is 9.59 Å². The highest BCUT2D eigenvalue weighted by atomic mass is 16.2. The zero-order chi connectivity index (χ0) is 15.2. The number of nitrogens with two attached hydrogens (primary N) is 1. The SMILES string of the molecule is Cc1cccc(NC(=O)/C=C/c2ccccc2)c1C(N)=O. The Morgan fingerprint density at radius 3 is 2.43 bits per heavy atom. The lowest BCUT2D eigenvalue weighted by Gasteiger charge is -2.09. The van der Waals surface area contributed by atoms with Crippen LogP contribution in [0.3, 0.4) is 0 Å². The van der Waals surface area contributed by atoms with Gasteiger partial charge in [-0.2, -0.15) is 0 Å². The van der Waals surface area contributed by atoms with E-state index in [4.69, 9.17) is 5.73 Å². The Labute approximate surface area is 123 Å². The minimum atomic E-state index is -0.560. The molecule has 0 radical (unpaired) electrons. The Kier molecular flexibility index (Phi) is 4.51. The van der Waals surface area contributed by atoms with Crippen molar-refractivity contribution in [2.45, 2.75) is 6.92 Å². The van der Waals surface area contributed by atoms with E-state index in [1.165, 1.54) is 6.08 Å². The van der Waals surface area contributed by atoms with Gasteiger partial charge in [0.15, 0.2) is 0 Å². The second kappa shape index (κ2) is 6.52. The highest BCUT2D eigenvalue weighted by molar-refractivity contribution is 6.07. The fourth-order valence-corrected chi connectivity index (χ4v) is 2.01. The van der Waals surface area contributed by atoms with Crippen molar-refractivity contribution in [3.05, 3.63) is 71.3 Å². The third-order valence-corrected chi connectivity index (χ3v) is 3.00. The fourth-order valence-electron chi connectivity index (χ4n) is 2.01. The average molecular weight is 280 g/mol. The van der Waals surface area contributed by atoms with Crippen molar-refractivity contribution < 1.29 is 9.59 Å². The van der Waals surface area contributed by atoms with Crippen LogP contribution in [0.2, 0.25) is 0 Å². The quantitative estimate of drug-likeness (QED) is 0.845. The summed E-state index contributed by atoms with van der Waals surface area (Å²) in [4.78, 5) is 23.4. The number of benzene rings is 2. The monoisotopic (exact) mass is 280 g/mol. The molecule has 4 heteroatoms. The number of hydrogen-bond acceptors (Lipinski definition) is 2. The Bertz CT molecular complexity index is 691. The number of hydrogen-bond donors (Lipinski definition) is 2. The Balaban J connectivity index is 2.15. The van der Waals surface area contributed by atoms with Crippen LogP contribution in [0.25, 0.3) is 6.08 Å². The van der Waals surface area contributed by atoms with Crippen LogP contribution in [-0.4, -0.2) is 11.8 Å². The topological polar surface area (TPSA) is 72.2 Å². The molecule has 0 aromatic heterocycles. The molecule has 0 atom stereocenters. The maximum Gasteiger partial charge on any atom is 0.251 e. The van der Waals surface area contributed by atoms with Crippen molar-refractivity contribution in [2.24, 2.45) is 5.73 Å². The standard InChI is InChI=1S/C17H16N2O2/c1-12-6-5-9-14(16(12)17(18)21)19-15(20)11-10-13-7-3-2-4-8-13/h2-11H,1H3,(H2,18,21)(H,19,20)/b11-10+. The van der Waals surface area contributed by atoms with E-state index >= 15 is 0 Å². The number of nitrogens with one attached hydrogen (secondary N) is 1. The van der Waals surface area contributed by atoms with E-state index in [0.717, 1.165) is 11.1 Å². The molecule has 2 rings (SSSR count). The summed E-state index contributed by atoms with van der Waals surface area (Å²) in [6, 6.07) is 14.7. The van der Waals surface area contributed by atoms with Crippen molar-refractivity contribution in [3.8, 4) is 0 Å². The molecule has 0 aliphatic heterocycles. The molecule has 3 N–H and O–H groups in total. The number of aryl methyl sites for hydroxylation is 1. The number of carbonyl (C=O) groups is 2. The van der Waals surface area contributed by atoms with Gasteiger partial charge in [0.05, 0.1) is 11.3 Å². The molecule has 2 amide bonds. The smallest absolute Gasteiger partial charge is 0.251 e. The molecular formula is C17H16N2O2. The fraction of sp³-hybridized carbons (Fsp3) is 0.0588. The van der Waals surface area contributed by atoms with Crippen molar-refractivity contribution in [1.82, 2.24) is 0 Å². The number of amides is 2. The maximum absolute atomic E-state index is 11.9. The first-order valence-corrected chi connectivity index (χ1v) is 6.51. The molecule has 0 bridgehead atoms. The van der Waals surface area contributed by atoms with E-state index in [1.54, 1.807) is 31.2 Å². The van der Waals surface area contributed by atoms with Crippen molar-refractivity contribution in [3.63, 3.8) is 0 Å². The zero-order valence-electron chi connectivity index (χ0n) is 11.7. The molecule has 0 spiro atoms. The van der Waals surface area contributed by atoms with Gasteiger partial charge >= 0.3 is 0 Å². The number of rotatable bonds is 4. The summed E-state index contributed by atoms with van der Waals surface area (Å²) in [5, 5.41) is 2.68. The van der Waals surface area contributed by atoms with Crippen LogP contribution >= 0.6 is 0 Å². The third kappa shape index (κ3) is 3.79. The predicted octanol–water partition coefficient (Wildman–Crippen LogP) is 2.75. The normalized spacial score (nSPS) is 10.5. The minimum Gasteiger partial charge on any atom is -0.366 e. The molecule has 0 saturated carbocycles. The summed E-state index contributed by atoms with van der Waals surface area (Å²) in [6.07, 6.45) is 3.12. The molecule has 0 heterocycles. The molecule has 0 saturated heterocycles. The van der Waals surface area contributed by atoms with Gasteiger partial charge in [0.25, 0.3) is 5.91 Å². The highest BCUT2D eigenvalue weighted by Crippen LogP contribution is 2.19. The van der Waals surface area contributed by atoms with Crippen LogP contribution in [0.4, 0.5) is 5.69 Å². The number of primary amides is 1. The van der Waals surface area contributed by atoms with Gasteiger partial charge in [-0.05, 0) is 30.2 Å². The Hall–Kier alpha value is -2.88. The molecule has 0 aliphatic carbocycles. The van der Waals surface area contributed by atoms with E-state index < -0.39 is 5.91 Å². The van der Waals surface area contributed by atoms with E-state index in [0.29, 0.717) is 11.3 Å². The molecule has 21 heavy (non-hydrogen) atoms. The minimum absolute atomic E-state index is 0.313. The van der Waals surface area contributed by atoms with Crippen LogP contribution in [0.5, 0.6) is 0 Å². The van der Waals surface area contributed by atoms with Crippen molar-refractivity contribution in [1.29, 1.82) is 0 Å². The van der Waals surface area contributed by atoms with Crippen LogP contribution < -0.4 is 11.1 Å². The van der Waals surface area contributed by atoms with E-state index in [1.807, 2.05) is 30.3 Å². The van der Waals surface area contributed by atoms with Crippen LogP contribution in [0.1, 0.15) is 21.5 Å². The van der Waals surface area contributed by atoms with Gasteiger partial charge < -0.3 is 11.1 Å². The number of anilines is 1. The maximum atomic E-state index is 11.9. The van der Waals surface area contributed by atoms with Gasteiger partial charge in [0.2, 0.25) is 5.91 Å². The summed E-state index contributed by atoms with van der Waals surface area (Å²) in [5.74, 6) is -0.873. The van der Waals surface area contributed by atoms with Gasteiger partial charge in [0, 0.05) is 6.08 Å². The molecule has 2 aromatic rings. The number of carbonyl (C=O) groups excluding carboxylic acids is 2. The first-order valence-electron chi connectivity index (χ1n) is 6.51. The van der Waals surface area contributed by atoms with E-state index in [-0.39, 0.29) is 5.91 Å². The zero-order valence-corrected chi connectivity index (χ0v) is 11.7. The van der Waals surface area contributed by atoms with Gasteiger partial charge in [-0.1, -0.05) is 42.5 Å². The van der Waals surface area contributed by atoms with E-state index in [2.05, 4.69) is 5.32 Å². The van der Waals surface area contributed by atoms with Gasteiger partial charge in [-0.15, -0.1) is 0 Å². The second-order valence-corrected chi connectivity index (χ2v) is 4.59. The lowest BCUT2D eigenvalue weighted by molar-refractivity contribution is -0.111. The molecule has 0 unspecified atom stereocenters. The van der Waals surface area contributed by atoms with Crippen molar-refractivity contribution >= 4 is 23.6 Å². The summed E-state index contributed by atoms with van der Waals surface area (Å²) in [7, 11) is 0. The highest BCUT2D eigenvalue weighted by Gasteiger charge is 2.12. The summed E-state index contributed by atoms with van der Waals surface area (Å²) in [5.41, 5.74) is 7.75. The summed E-state index contributed by atoms with van der Waals surface area (Å²) in [6.45, 7) is 1.77. The molecule has 106 valence electrons. The molecule has 2 aromatic carbocycles. The van der Waals surface area contributed by atoms with Crippen LogP contribution in [-0.2, 0) is 4.79 Å². The van der Waals surface area contributed by atoms with Crippen molar-refractivity contribution in [2.75, 3.05) is 5.32 Å². The van der Waals surface area contributed by atoms with Crippen LogP contribution in [0.15, 0.2) is 54.6 Å². The summed E-state index contributed by atoms with van der Waals surface area (Å²) < 4.78 is 0. The average Bonchev–Trinajstić information content (AvgIpc) is 2.46. The van der Waals surface area contributed by atoms with Gasteiger partial charge in [-0.25, -0.2) is 0 Å². The Morgan fingerprint density at radius 1 is 1.05 bits per heavy atom. The third-order valence-electron chi connectivity index (χ3n) is 3.00. The van der Waals surface area contributed by atoms with Gasteiger partial charge in [0.1, 0.15) is 0 Å². The lowest BCUT2D eigenvalue weighted by atomic mass is 10.1. The summed E-state index contributed by atoms with van der Waals surface area (Å²) >= 11 is 0. The van der Waals surface area contributed by atoms with Crippen LogP contribution in [0, 0.1) is 6.92 Å². The largest absolute Gasteiger partial charge is 0.366 e. The second-order valence-electron chi connectivity index (χ2n) is 4.59.